The minimum atomic E-state index is -1.53. The number of phenols is 1. The van der Waals surface area contributed by atoms with Crippen molar-refractivity contribution in [2.45, 2.75) is 84.4 Å². The summed E-state index contributed by atoms with van der Waals surface area (Å²) >= 11 is 0. The highest BCUT2D eigenvalue weighted by Gasteiger charge is 2.38. The fourth-order valence-corrected chi connectivity index (χ4v) is 5.73. The number of hydrogen-bond donors (Lipinski definition) is 7. The van der Waals surface area contributed by atoms with Gasteiger partial charge in [-0.3, -0.25) is 19.7 Å². The molecule has 0 aliphatic carbocycles. The van der Waals surface area contributed by atoms with E-state index in [9.17, 15) is 24.6 Å². The molecule has 8 N–H and O–H groups in total. The predicted molar refractivity (Wildman–Crippen MR) is 206 cm³/mol. The molecule has 3 aromatic rings. The number of aromatic hydroxyl groups is 1. The van der Waals surface area contributed by atoms with Gasteiger partial charge in [-0.25, -0.2) is 0 Å². The number of aliphatic hydroxyl groups is 1. The van der Waals surface area contributed by atoms with Crippen molar-refractivity contribution in [1.82, 2.24) is 21.3 Å². The number of methoxy groups -OCH3 is 4. The molecule has 54 heavy (non-hydrogen) atoms. The summed E-state index contributed by atoms with van der Waals surface area (Å²) in [5.41, 5.74) is 7.56. The molecule has 0 aliphatic heterocycles. The molecule has 0 radical (unpaired) electrons. The van der Waals surface area contributed by atoms with Crippen molar-refractivity contribution < 1.29 is 43.5 Å². The zero-order valence-electron chi connectivity index (χ0n) is 32.7. The highest BCUT2D eigenvalue weighted by atomic mass is 16.5. The average Bonchev–Trinajstić information content (AvgIpc) is 3.15. The Hall–Kier alpha value is -5.05. The number of hydrogen-bond acceptors (Lipinski definition) is 11. The lowest BCUT2D eigenvalue weighted by atomic mass is 9.86. The summed E-state index contributed by atoms with van der Waals surface area (Å²) < 4.78 is 21.7. The summed E-state index contributed by atoms with van der Waals surface area (Å²) in [6.07, 6.45) is -1.37. The molecule has 0 aromatic heterocycles. The maximum atomic E-state index is 14.4. The van der Waals surface area contributed by atoms with Gasteiger partial charge >= 0.3 is 0 Å². The van der Waals surface area contributed by atoms with Gasteiger partial charge in [-0.15, -0.1) is 0 Å². The monoisotopic (exact) mass is 751 g/mol. The van der Waals surface area contributed by atoms with Crippen LogP contribution in [0.4, 0.5) is 0 Å². The smallest absolute Gasteiger partial charge is 0.243 e. The van der Waals surface area contributed by atoms with E-state index in [1.165, 1.54) is 34.5 Å². The molecule has 0 heterocycles. The van der Waals surface area contributed by atoms with Gasteiger partial charge in [0.2, 0.25) is 17.7 Å². The largest absolute Gasteiger partial charge is 0.507 e. The Balaban J connectivity index is 2.00. The highest BCUT2D eigenvalue weighted by molar-refractivity contribution is 5.90. The molecule has 3 rings (SSSR count). The van der Waals surface area contributed by atoms with E-state index in [0.717, 1.165) is 5.56 Å². The quantitative estimate of drug-likeness (QED) is 0.0950. The topological polar surface area (TPSA) is 203 Å². The summed E-state index contributed by atoms with van der Waals surface area (Å²) in [7, 11) is 5.97. The molecular weight excluding hydrogens is 694 g/mol. The van der Waals surface area contributed by atoms with Crippen LogP contribution in [0.15, 0.2) is 60.7 Å². The van der Waals surface area contributed by atoms with Gasteiger partial charge in [-0.1, -0.05) is 65.0 Å². The van der Waals surface area contributed by atoms with Crippen molar-refractivity contribution in [2.75, 3.05) is 28.4 Å². The molecule has 1 unspecified atom stereocenters. The molecule has 0 bridgehead atoms. The maximum absolute atomic E-state index is 14.4. The fourth-order valence-electron chi connectivity index (χ4n) is 5.73. The minimum absolute atomic E-state index is 0.00146. The molecule has 0 saturated heterocycles. The number of aliphatic hydroxyl groups excluding tert-OH is 1. The zero-order chi connectivity index (χ0) is 40.2. The number of ether oxygens (including phenoxy) is 4. The van der Waals surface area contributed by atoms with E-state index in [0.29, 0.717) is 34.1 Å². The first-order valence-electron chi connectivity index (χ1n) is 17.8. The number of rotatable bonds is 19. The first kappa shape index (κ1) is 43.4. The van der Waals surface area contributed by atoms with Crippen molar-refractivity contribution >= 4 is 17.7 Å². The number of phenolic OH excluding ortho intramolecular Hbond substituents is 1. The van der Waals surface area contributed by atoms with Crippen LogP contribution in [0, 0.1) is 11.3 Å². The molecule has 0 fully saturated rings. The highest BCUT2D eigenvalue weighted by Crippen LogP contribution is 2.34. The van der Waals surface area contributed by atoms with Gasteiger partial charge in [0.25, 0.3) is 0 Å². The lowest BCUT2D eigenvalue weighted by molar-refractivity contribution is -0.134. The van der Waals surface area contributed by atoms with Crippen molar-refractivity contribution in [2.24, 2.45) is 17.1 Å². The maximum Gasteiger partial charge on any atom is 0.243 e. The molecule has 5 atom stereocenters. The lowest BCUT2D eigenvalue weighted by Gasteiger charge is -2.34. The van der Waals surface area contributed by atoms with Crippen LogP contribution < -0.4 is 45.9 Å². The Kier molecular flexibility index (Phi) is 15.9. The number of nitrogens with one attached hydrogen (secondary N) is 4. The molecule has 0 aliphatic rings. The van der Waals surface area contributed by atoms with Crippen molar-refractivity contribution in [1.29, 1.82) is 0 Å². The second-order valence-corrected chi connectivity index (χ2v) is 14.5. The van der Waals surface area contributed by atoms with Crippen LogP contribution in [0.5, 0.6) is 28.7 Å². The fraction of sp³-hybridized carbons (Fsp3) is 0.475. The standard InChI is InChI=1S/C40H57N5O9/c1-23(2)33(37(48)43-21-25-15-16-27(51-6)19-29(25)46)45-38(49)34(42-22-26-18-31(53-8)32(54-9)20-30(26)52-7)35(47)28(17-24-13-11-10-12-14-24)44-39(50)36(41)40(3,4)5/h10-16,18-20,23,28,33-36,42,46-47H,17,21-22,41H2,1-9H3,(H,43,48)(H,44,50)(H,45,49)/t28-,33?,34+,35-,36+/m0/s1. The first-order valence-corrected chi connectivity index (χ1v) is 17.8. The third-order valence-corrected chi connectivity index (χ3v) is 9.17. The molecule has 0 spiro atoms. The number of nitrogens with two attached hydrogens (primary N) is 1. The van der Waals surface area contributed by atoms with Crippen molar-refractivity contribution in [3.05, 3.63) is 77.4 Å². The molecule has 296 valence electrons. The molecular formula is C40H57N5O9. The number of carbonyl (C=O) groups excluding carboxylic acids is 3. The second-order valence-electron chi connectivity index (χ2n) is 14.5. The van der Waals surface area contributed by atoms with Gasteiger partial charge < -0.3 is 50.8 Å². The minimum Gasteiger partial charge on any atom is -0.507 e. The predicted octanol–water partition coefficient (Wildman–Crippen LogP) is 2.80. The molecule has 14 nitrogen and oxygen atoms in total. The normalized spacial score (nSPS) is 14.2. The molecule has 14 heteroatoms. The lowest BCUT2D eigenvalue weighted by Crippen LogP contribution is -2.63. The van der Waals surface area contributed by atoms with Crippen LogP contribution >= 0.6 is 0 Å². The van der Waals surface area contributed by atoms with Crippen LogP contribution in [0.1, 0.15) is 51.3 Å². The van der Waals surface area contributed by atoms with Crippen LogP contribution in [0.25, 0.3) is 0 Å². The summed E-state index contributed by atoms with van der Waals surface area (Å²) in [6, 6.07) is 13.0. The van der Waals surface area contributed by atoms with Crippen LogP contribution in [-0.2, 0) is 33.9 Å². The zero-order valence-corrected chi connectivity index (χ0v) is 32.7. The van der Waals surface area contributed by atoms with E-state index in [1.807, 2.05) is 51.1 Å². The first-order chi connectivity index (χ1) is 25.5. The van der Waals surface area contributed by atoms with Gasteiger partial charge in [0.1, 0.15) is 29.3 Å². The van der Waals surface area contributed by atoms with E-state index in [2.05, 4.69) is 21.3 Å². The third-order valence-electron chi connectivity index (χ3n) is 9.17. The summed E-state index contributed by atoms with van der Waals surface area (Å²) in [6.45, 7) is 9.03. The summed E-state index contributed by atoms with van der Waals surface area (Å²) in [5, 5.41) is 34.2. The Labute approximate surface area is 318 Å². The van der Waals surface area contributed by atoms with Crippen LogP contribution in [0.2, 0.25) is 0 Å². The second kappa shape index (κ2) is 19.9. The third kappa shape index (κ3) is 11.7. The average molecular weight is 752 g/mol. The number of amides is 3. The van der Waals surface area contributed by atoms with Crippen molar-refractivity contribution in [3.8, 4) is 28.7 Å². The van der Waals surface area contributed by atoms with E-state index in [4.69, 9.17) is 24.7 Å². The van der Waals surface area contributed by atoms with Crippen LogP contribution in [0.3, 0.4) is 0 Å². The molecule has 0 saturated carbocycles. The van der Waals surface area contributed by atoms with Gasteiger partial charge in [0, 0.05) is 36.3 Å². The van der Waals surface area contributed by atoms with Gasteiger partial charge in [-0.2, -0.15) is 0 Å². The van der Waals surface area contributed by atoms with Crippen LogP contribution in [-0.4, -0.2) is 86.6 Å². The van der Waals surface area contributed by atoms with E-state index < -0.39 is 53.4 Å². The Morgan fingerprint density at radius 2 is 1.37 bits per heavy atom. The summed E-state index contributed by atoms with van der Waals surface area (Å²) in [5.74, 6) is -0.403. The Bertz CT molecular complexity index is 1700. The van der Waals surface area contributed by atoms with E-state index >= 15 is 0 Å². The van der Waals surface area contributed by atoms with Gasteiger partial charge in [0.05, 0.1) is 46.6 Å². The number of benzene rings is 3. The molecule has 3 aromatic carbocycles. The SMILES string of the molecule is COc1ccc(CNC(=O)C(NC(=O)[C@H](NCc2cc(OC)c(OC)cc2OC)[C@@H](O)[C@H](Cc2ccccc2)NC(=O)[C@@H](N)C(C)(C)C)C(C)C)c(O)c1. The van der Waals surface area contributed by atoms with E-state index in [1.54, 1.807) is 38.1 Å². The van der Waals surface area contributed by atoms with Gasteiger partial charge in [0.15, 0.2) is 11.5 Å². The molecule has 3 amide bonds. The Morgan fingerprint density at radius 3 is 1.93 bits per heavy atom. The number of carbonyl (C=O) groups is 3. The Morgan fingerprint density at radius 1 is 0.741 bits per heavy atom. The van der Waals surface area contributed by atoms with E-state index in [-0.39, 0.29) is 31.2 Å². The van der Waals surface area contributed by atoms with Crippen molar-refractivity contribution in [3.63, 3.8) is 0 Å². The summed E-state index contributed by atoms with van der Waals surface area (Å²) in [4.78, 5) is 41.4. The van der Waals surface area contributed by atoms with Gasteiger partial charge in [-0.05, 0) is 41.5 Å².